The molecule has 0 atom stereocenters. The molecule has 0 heterocycles. The lowest BCUT2D eigenvalue weighted by atomic mass is 10.8. The third-order valence-electron chi connectivity index (χ3n) is 0.786. The summed E-state index contributed by atoms with van der Waals surface area (Å²) in [5, 5.41) is 0. The highest BCUT2D eigenvalue weighted by atomic mass is 28.4. The Morgan fingerprint density at radius 2 is 2.22 bits per heavy atom. The van der Waals surface area contributed by atoms with Gasteiger partial charge in [0.1, 0.15) is 0 Å². The second kappa shape index (κ2) is 3.79. The van der Waals surface area contributed by atoms with Crippen LogP contribution in [0.5, 0.6) is 0 Å². The van der Waals surface area contributed by atoms with Gasteiger partial charge in [-0.3, -0.25) is 0 Å². The van der Waals surface area contributed by atoms with Crippen molar-refractivity contribution in [1.29, 1.82) is 0 Å². The van der Waals surface area contributed by atoms with Crippen molar-refractivity contribution in [1.82, 2.24) is 0 Å². The molecular formula is C5H12O3Si. The van der Waals surface area contributed by atoms with Crippen LogP contribution in [0.3, 0.4) is 0 Å². The average molecular weight is 148 g/mol. The molecule has 0 rings (SSSR count). The smallest absolute Gasteiger partial charge is 0.390 e. The van der Waals surface area contributed by atoms with Crippen molar-refractivity contribution in [2.45, 2.75) is 13.0 Å². The number of rotatable bonds is 4. The van der Waals surface area contributed by atoms with Crippen molar-refractivity contribution in [3.8, 4) is 0 Å². The molecule has 0 aliphatic carbocycles. The monoisotopic (exact) mass is 148 g/mol. The van der Waals surface area contributed by atoms with E-state index in [4.69, 9.17) is 9.59 Å². The maximum Gasteiger partial charge on any atom is 0.499 e. The summed E-state index contributed by atoms with van der Waals surface area (Å²) in [6.07, 6.45) is 1.45. The lowest BCUT2D eigenvalue weighted by molar-refractivity contribution is 0.159. The Kier molecular flexibility index (Phi) is 3.72. The van der Waals surface area contributed by atoms with Crippen molar-refractivity contribution in [2.24, 2.45) is 0 Å². The van der Waals surface area contributed by atoms with Gasteiger partial charge in [-0.25, -0.2) is 0 Å². The molecule has 0 spiro atoms. The summed E-state index contributed by atoms with van der Waals surface area (Å²) in [6, 6.07) is 0.167. The summed E-state index contributed by atoms with van der Waals surface area (Å²) in [6.45, 7) is 5.42. The molecule has 0 fully saturated rings. The van der Waals surface area contributed by atoms with E-state index in [0.29, 0.717) is 6.61 Å². The van der Waals surface area contributed by atoms with Crippen molar-refractivity contribution in [3.05, 3.63) is 12.7 Å². The Labute approximate surface area is 56.0 Å². The van der Waals surface area contributed by atoms with Crippen LogP contribution in [0.1, 0.15) is 6.92 Å². The van der Waals surface area contributed by atoms with Crippen LogP contribution in [-0.2, 0) is 4.43 Å². The van der Waals surface area contributed by atoms with Gasteiger partial charge in [0.2, 0.25) is 0 Å². The molecule has 0 aromatic heterocycles. The molecule has 0 amide bonds. The van der Waals surface area contributed by atoms with Gasteiger partial charge in [-0.05, 0) is 6.92 Å². The minimum absolute atomic E-state index is 0.167. The van der Waals surface area contributed by atoms with Crippen LogP contribution < -0.4 is 0 Å². The molecule has 4 heteroatoms. The Bertz CT molecular complexity index is 92.2. The van der Waals surface area contributed by atoms with E-state index in [9.17, 15) is 0 Å². The molecule has 0 bridgehead atoms. The summed E-state index contributed by atoms with van der Waals surface area (Å²) < 4.78 is 4.65. The van der Waals surface area contributed by atoms with Crippen molar-refractivity contribution in [3.63, 3.8) is 0 Å². The van der Waals surface area contributed by atoms with Gasteiger partial charge in [-0.2, -0.15) is 0 Å². The van der Waals surface area contributed by atoms with Crippen LogP contribution in [0.15, 0.2) is 12.7 Å². The van der Waals surface area contributed by atoms with Gasteiger partial charge in [-0.15, -0.1) is 6.58 Å². The van der Waals surface area contributed by atoms with E-state index in [1.807, 2.05) is 0 Å². The maximum atomic E-state index is 8.92. The third-order valence-corrected chi connectivity index (χ3v) is 2.36. The second-order valence-corrected chi connectivity index (χ2v) is 3.85. The zero-order valence-electron chi connectivity index (χ0n) is 5.50. The molecule has 0 unspecified atom stereocenters. The van der Waals surface area contributed by atoms with Crippen LogP contribution in [0.4, 0.5) is 0 Å². The topological polar surface area (TPSA) is 49.7 Å². The highest BCUT2D eigenvalue weighted by Gasteiger charge is 2.29. The first-order valence-electron chi connectivity index (χ1n) is 2.82. The van der Waals surface area contributed by atoms with Crippen LogP contribution in [-0.4, -0.2) is 25.0 Å². The molecular weight excluding hydrogens is 136 g/mol. The third kappa shape index (κ3) is 4.35. The van der Waals surface area contributed by atoms with Gasteiger partial charge in [0.15, 0.2) is 0 Å². The van der Waals surface area contributed by atoms with Crippen LogP contribution >= 0.6 is 0 Å². The van der Waals surface area contributed by atoms with E-state index in [1.54, 1.807) is 6.92 Å². The Morgan fingerprint density at radius 3 is 2.56 bits per heavy atom. The normalized spacial score (nSPS) is 11.4. The van der Waals surface area contributed by atoms with Gasteiger partial charge < -0.3 is 14.0 Å². The molecule has 0 aromatic carbocycles. The first-order chi connectivity index (χ1) is 4.12. The molecule has 3 nitrogen and oxygen atoms in total. The highest BCUT2D eigenvalue weighted by Crippen LogP contribution is 2.02. The largest absolute Gasteiger partial charge is 0.499 e. The van der Waals surface area contributed by atoms with Crippen molar-refractivity contribution in [2.75, 3.05) is 6.61 Å². The van der Waals surface area contributed by atoms with E-state index in [-0.39, 0.29) is 6.04 Å². The maximum absolute atomic E-state index is 8.92. The second-order valence-electron chi connectivity index (χ2n) is 1.67. The predicted octanol–water partition coefficient (Wildman–Crippen LogP) is 0.132. The average Bonchev–Trinajstić information content (AvgIpc) is 1.64. The van der Waals surface area contributed by atoms with Gasteiger partial charge in [-0.1, -0.05) is 6.08 Å². The Hall–Kier alpha value is -0.163. The fraction of sp³-hybridized carbons (Fsp3) is 0.600. The first kappa shape index (κ1) is 8.84. The fourth-order valence-electron chi connectivity index (χ4n) is 0.478. The number of hydrogen-bond donors (Lipinski definition) is 2. The predicted molar refractivity (Wildman–Crippen MR) is 36.8 cm³/mol. The van der Waals surface area contributed by atoms with Gasteiger partial charge in [0, 0.05) is 12.7 Å². The summed E-state index contributed by atoms with van der Waals surface area (Å²) in [5.74, 6) is 0. The number of allylic oxidation sites excluding steroid dienone is 1. The molecule has 0 aromatic rings. The van der Waals surface area contributed by atoms with Crippen LogP contribution in [0.2, 0.25) is 6.04 Å². The highest BCUT2D eigenvalue weighted by molar-refractivity contribution is 6.58. The van der Waals surface area contributed by atoms with Crippen LogP contribution in [0, 0.1) is 0 Å². The zero-order valence-corrected chi connectivity index (χ0v) is 6.50. The molecule has 2 N–H and O–H groups in total. The molecule has 0 aliphatic heterocycles. The van der Waals surface area contributed by atoms with E-state index < -0.39 is 8.80 Å². The Morgan fingerprint density at radius 1 is 1.67 bits per heavy atom. The molecule has 0 radical (unpaired) electrons. The van der Waals surface area contributed by atoms with E-state index in [1.165, 1.54) is 6.08 Å². The minimum Gasteiger partial charge on any atom is -0.390 e. The molecule has 9 heavy (non-hydrogen) atoms. The van der Waals surface area contributed by atoms with E-state index >= 15 is 0 Å². The minimum atomic E-state index is -3.32. The SMILES string of the molecule is C=CC[Si](O)(O)OCC. The quantitative estimate of drug-likeness (QED) is 0.440. The van der Waals surface area contributed by atoms with E-state index in [2.05, 4.69) is 11.0 Å². The van der Waals surface area contributed by atoms with Crippen LogP contribution in [0.25, 0.3) is 0 Å². The van der Waals surface area contributed by atoms with Crippen molar-refractivity contribution >= 4 is 8.80 Å². The standard InChI is InChI=1S/C5H12O3Si/c1-3-5-9(6,7)8-4-2/h3,6-7H,1,4-5H2,2H3. The first-order valence-corrected chi connectivity index (χ1v) is 4.83. The zero-order chi connectivity index (χ0) is 7.33. The van der Waals surface area contributed by atoms with Gasteiger partial charge >= 0.3 is 8.80 Å². The summed E-state index contributed by atoms with van der Waals surface area (Å²) in [4.78, 5) is 17.8. The summed E-state index contributed by atoms with van der Waals surface area (Å²) in [5.41, 5.74) is 0. The van der Waals surface area contributed by atoms with E-state index in [0.717, 1.165) is 0 Å². The molecule has 0 saturated carbocycles. The van der Waals surface area contributed by atoms with Gasteiger partial charge in [0.25, 0.3) is 0 Å². The Balaban J connectivity index is 3.55. The summed E-state index contributed by atoms with van der Waals surface area (Å²) >= 11 is 0. The molecule has 0 aliphatic rings. The molecule has 54 valence electrons. The van der Waals surface area contributed by atoms with Gasteiger partial charge in [0.05, 0.1) is 0 Å². The lowest BCUT2D eigenvalue weighted by Crippen LogP contribution is -2.37. The lowest BCUT2D eigenvalue weighted by Gasteiger charge is -2.13. The fourth-order valence-corrected chi connectivity index (χ4v) is 1.43. The molecule has 0 saturated heterocycles. The summed E-state index contributed by atoms with van der Waals surface area (Å²) in [7, 11) is -3.32. The van der Waals surface area contributed by atoms with Crippen molar-refractivity contribution < 1.29 is 14.0 Å². The number of hydrogen-bond acceptors (Lipinski definition) is 3.